The largest absolute Gasteiger partial charge is 0.481 e. The molecule has 0 spiro atoms. The molecule has 0 aromatic carbocycles. The van der Waals surface area contributed by atoms with Gasteiger partial charge in [-0.3, -0.25) is 9.59 Å². The summed E-state index contributed by atoms with van der Waals surface area (Å²) in [4.78, 5) is 35.2. The number of aliphatic carboxylic acids is 1. The predicted octanol–water partition coefficient (Wildman–Crippen LogP) is 3.73. The van der Waals surface area contributed by atoms with E-state index in [1.807, 2.05) is 0 Å². The van der Waals surface area contributed by atoms with Crippen LogP contribution in [0.25, 0.3) is 0 Å². The first-order chi connectivity index (χ1) is 14.1. The Labute approximate surface area is 177 Å². The van der Waals surface area contributed by atoms with E-state index in [0.717, 1.165) is 49.4 Å². The lowest BCUT2D eigenvalue weighted by molar-refractivity contribution is -0.138. The van der Waals surface area contributed by atoms with E-state index in [0.29, 0.717) is 18.1 Å². The lowest BCUT2D eigenvalue weighted by atomic mass is 9.95. The number of hydrogen-bond acceptors (Lipinski definition) is 6. The van der Waals surface area contributed by atoms with E-state index < -0.39 is 5.97 Å². The summed E-state index contributed by atoms with van der Waals surface area (Å²) in [5.74, 6) is 0.775. The van der Waals surface area contributed by atoms with Crippen LogP contribution in [0.2, 0.25) is 0 Å². The van der Waals surface area contributed by atoms with Crippen molar-refractivity contribution in [2.45, 2.75) is 75.8 Å². The van der Waals surface area contributed by atoms with E-state index in [-0.39, 0.29) is 24.3 Å². The number of nitrogens with one attached hydrogen (secondary N) is 1. The van der Waals surface area contributed by atoms with Crippen LogP contribution in [0.5, 0.6) is 0 Å². The smallest absolute Gasteiger partial charge is 0.303 e. The highest BCUT2D eigenvalue weighted by Crippen LogP contribution is 2.27. The van der Waals surface area contributed by atoms with Gasteiger partial charge >= 0.3 is 5.97 Å². The van der Waals surface area contributed by atoms with Gasteiger partial charge < -0.3 is 15.3 Å². The number of carboxylic acids is 1. The van der Waals surface area contributed by atoms with E-state index in [9.17, 15) is 9.59 Å². The standard InChI is InChI=1S/C21H32N4O3S/c1-2-11-29-20-17(19(28)23-16-8-4-3-5-9-16)13-22-21(24-20)25-10-6-7-15(14-25)12-18(26)27/h13,15-16H,2-12,14H2,1H3,(H,23,28)(H,26,27)/t15-/m0/s1. The third kappa shape index (κ3) is 6.32. The number of rotatable bonds is 8. The summed E-state index contributed by atoms with van der Waals surface area (Å²) < 4.78 is 0. The summed E-state index contributed by atoms with van der Waals surface area (Å²) in [7, 11) is 0. The highest BCUT2D eigenvalue weighted by atomic mass is 32.2. The van der Waals surface area contributed by atoms with Crippen molar-refractivity contribution < 1.29 is 14.7 Å². The Morgan fingerprint density at radius 3 is 2.76 bits per heavy atom. The zero-order valence-corrected chi connectivity index (χ0v) is 18.0. The van der Waals surface area contributed by atoms with E-state index in [4.69, 9.17) is 10.1 Å². The fourth-order valence-electron chi connectivity index (χ4n) is 4.14. The molecule has 1 atom stereocenters. The molecule has 0 radical (unpaired) electrons. The van der Waals surface area contributed by atoms with Gasteiger partial charge in [-0.1, -0.05) is 26.2 Å². The van der Waals surface area contributed by atoms with Crippen molar-refractivity contribution in [2.75, 3.05) is 23.7 Å². The van der Waals surface area contributed by atoms with Crippen molar-refractivity contribution in [1.82, 2.24) is 15.3 Å². The molecular formula is C21H32N4O3S. The van der Waals surface area contributed by atoms with Gasteiger partial charge in [0, 0.05) is 31.7 Å². The minimum atomic E-state index is -0.758. The number of nitrogens with zero attached hydrogens (tertiary/aromatic N) is 3. The number of carbonyl (C=O) groups is 2. The predicted molar refractivity (Wildman–Crippen MR) is 115 cm³/mol. The normalized spacial score (nSPS) is 20.4. The van der Waals surface area contributed by atoms with Crippen LogP contribution in [0.3, 0.4) is 0 Å². The first-order valence-corrected chi connectivity index (χ1v) is 11.8. The van der Waals surface area contributed by atoms with Gasteiger partial charge in [0.25, 0.3) is 5.91 Å². The average molecular weight is 421 g/mol. The Morgan fingerprint density at radius 2 is 2.03 bits per heavy atom. The Bertz CT molecular complexity index is 709. The molecule has 160 valence electrons. The topological polar surface area (TPSA) is 95.4 Å². The van der Waals surface area contributed by atoms with Gasteiger partial charge in [-0.05, 0) is 43.8 Å². The quantitative estimate of drug-likeness (QED) is 0.489. The molecule has 1 aliphatic heterocycles. The molecule has 2 aliphatic rings. The molecule has 1 aromatic rings. The van der Waals surface area contributed by atoms with Gasteiger partial charge in [-0.2, -0.15) is 0 Å². The number of aromatic nitrogens is 2. The van der Waals surface area contributed by atoms with Crippen molar-refractivity contribution in [1.29, 1.82) is 0 Å². The number of hydrogen-bond donors (Lipinski definition) is 2. The van der Waals surface area contributed by atoms with Crippen LogP contribution in [-0.4, -0.2) is 51.8 Å². The highest BCUT2D eigenvalue weighted by molar-refractivity contribution is 7.99. The maximum absolute atomic E-state index is 12.9. The van der Waals surface area contributed by atoms with E-state index >= 15 is 0 Å². The van der Waals surface area contributed by atoms with E-state index in [1.54, 1.807) is 18.0 Å². The minimum Gasteiger partial charge on any atom is -0.481 e. The van der Waals surface area contributed by atoms with Crippen LogP contribution in [0, 0.1) is 5.92 Å². The molecule has 8 heteroatoms. The van der Waals surface area contributed by atoms with Crippen molar-refractivity contribution in [3.05, 3.63) is 11.8 Å². The number of piperidine rings is 1. The number of carboxylic acid groups (broad SMARTS) is 1. The molecule has 3 rings (SSSR count). The van der Waals surface area contributed by atoms with Gasteiger partial charge in [0.2, 0.25) is 5.95 Å². The van der Waals surface area contributed by atoms with Crippen LogP contribution in [0.1, 0.15) is 75.1 Å². The molecule has 1 amide bonds. The molecular weight excluding hydrogens is 388 g/mol. The highest BCUT2D eigenvalue weighted by Gasteiger charge is 2.26. The summed E-state index contributed by atoms with van der Waals surface area (Å²) in [6, 6.07) is 0.249. The number of anilines is 1. The maximum atomic E-state index is 12.9. The summed E-state index contributed by atoms with van der Waals surface area (Å²) in [5, 5.41) is 13.0. The Balaban J connectivity index is 1.74. The third-order valence-corrected chi connectivity index (χ3v) is 6.83. The SMILES string of the molecule is CCCSc1nc(N2CCC[C@@H](CC(=O)O)C2)ncc1C(=O)NC1CCCCC1. The molecule has 1 saturated heterocycles. The monoisotopic (exact) mass is 420 g/mol. The van der Waals surface area contributed by atoms with E-state index in [2.05, 4.69) is 22.1 Å². The number of carbonyl (C=O) groups excluding carboxylic acids is 1. The van der Waals surface area contributed by atoms with Crippen molar-refractivity contribution in [3.63, 3.8) is 0 Å². The average Bonchev–Trinajstić information content (AvgIpc) is 2.72. The van der Waals surface area contributed by atoms with Crippen LogP contribution < -0.4 is 10.2 Å². The molecule has 2 fully saturated rings. The first-order valence-electron chi connectivity index (χ1n) is 10.8. The second kappa shape index (κ2) is 10.8. The van der Waals surface area contributed by atoms with Crippen molar-refractivity contribution in [2.24, 2.45) is 5.92 Å². The molecule has 29 heavy (non-hydrogen) atoms. The van der Waals surface area contributed by atoms with Crippen LogP contribution in [-0.2, 0) is 4.79 Å². The zero-order chi connectivity index (χ0) is 20.6. The summed E-state index contributed by atoms with van der Waals surface area (Å²) in [6.07, 6.45) is 10.4. The molecule has 1 aliphatic carbocycles. The second-order valence-electron chi connectivity index (χ2n) is 8.10. The molecule has 7 nitrogen and oxygen atoms in total. The lowest BCUT2D eigenvalue weighted by Crippen LogP contribution is -2.38. The Hall–Kier alpha value is -1.83. The van der Waals surface area contributed by atoms with Gasteiger partial charge in [0.05, 0.1) is 5.56 Å². The van der Waals surface area contributed by atoms with Crippen molar-refractivity contribution >= 4 is 29.6 Å². The fraction of sp³-hybridized carbons (Fsp3) is 0.714. The molecule has 1 aromatic heterocycles. The summed E-state index contributed by atoms with van der Waals surface area (Å²) in [5.41, 5.74) is 0.553. The molecule has 0 bridgehead atoms. The first kappa shape index (κ1) is 21.9. The summed E-state index contributed by atoms with van der Waals surface area (Å²) in [6.45, 7) is 3.58. The lowest BCUT2D eigenvalue weighted by Gasteiger charge is -2.32. The van der Waals surface area contributed by atoms with Crippen LogP contribution in [0.15, 0.2) is 11.2 Å². The van der Waals surface area contributed by atoms with Gasteiger partial charge in [0.15, 0.2) is 0 Å². The fourth-order valence-corrected chi connectivity index (χ4v) is 4.99. The molecule has 0 unspecified atom stereocenters. The maximum Gasteiger partial charge on any atom is 0.303 e. The zero-order valence-electron chi connectivity index (χ0n) is 17.2. The minimum absolute atomic E-state index is 0.0792. The Morgan fingerprint density at radius 1 is 1.24 bits per heavy atom. The van der Waals surface area contributed by atoms with Crippen LogP contribution >= 0.6 is 11.8 Å². The molecule has 2 heterocycles. The summed E-state index contributed by atoms with van der Waals surface area (Å²) >= 11 is 1.59. The number of thioether (sulfide) groups is 1. The van der Waals surface area contributed by atoms with Gasteiger partial charge in [0.1, 0.15) is 5.03 Å². The number of amides is 1. The van der Waals surface area contributed by atoms with E-state index in [1.165, 1.54) is 19.3 Å². The van der Waals surface area contributed by atoms with Crippen molar-refractivity contribution in [3.8, 4) is 0 Å². The second-order valence-corrected chi connectivity index (χ2v) is 9.18. The third-order valence-electron chi connectivity index (χ3n) is 5.63. The molecule has 1 saturated carbocycles. The van der Waals surface area contributed by atoms with Gasteiger partial charge in [-0.25, -0.2) is 9.97 Å². The van der Waals surface area contributed by atoms with Gasteiger partial charge in [-0.15, -0.1) is 11.8 Å². The van der Waals surface area contributed by atoms with Crippen LogP contribution in [0.4, 0.5) is 5.95 Å². The molecule has 2 N–H and O–H groups in total. The Kier molecular flexibility index (Phi) is 8.15.